The molecule has 3 fully saturated rings. The highest BCUT2D eigenvalue weighted by atomic mass is 16.3. The molecule has 37 heavy (non-hydrogen) atoms. The van der Waals surface area contributed by atoms with Gasteiger partial charge < -0.3 is 20.2 Å². The van der Waals surface area contributed by atoms with E-state index in [0.29, 0.717) is 57.2 Å². The number of nitrogens with zero attached hydrogens (tertiary/aromatic N) is 4. The van der Waals surface area contributed by atoms with Crippen molar-refractivity contribution in [1.82, 2.24) is 19.8 Å². The lowest BCUT2D eigenvalue weighted by Crippen LogP contribution is -2.54. The van der Waals surface area contributed by atoms with Gasteiger partial charge in [0.1, 0.15) is 5.82 Å². The molecule has 1 aliphatic carbocycles. The smallest absolute Gasteiger partial charge is 0.255 e. The van der Waals surface area contributed by atoms with Crippen LogP contribution in [0.5, 0.6) is 0 Å². The molecule has 3 aliphatic rings. The van der Waals surface area contributed by atoms with Crippen LogP contribution in [-0.4, -0.2) is 69.7 Å². The summed E-state index contributed by atoms with van der Waals surface area (Å²) in [4.78, 5) is 46.0. The molecule has 1 aromatic carbocycles. The number of hydrogen-bond acceptors (Lipinski definition) is 6. The van der Waals surface area contributed by atoms with E-state index < -0.39 is 5.60 Å². The number of carbonyl (C=O) groups is 2. The summed E-state index contributed by atoms with van der Waals surface area (Å²) in [6.45, 7) is 5.03. The van der Waals surface area contributed by atoms with Crippen LogP contribution in [0.25, 0.3) is 0 Å². The molecule has 0 unspecified atom stereocenters. The van der Waals surface area contributed by atoms with Crippen molar-refractivity contribution in [1.29, 1.82) is 0 Å². The molecule has 1 aromatic heterocycles. The van der Waals surface area contributed by atoms with Gasteiger partial charge in [-0.15, -0.1) is 0 Å². The van der Waals surface area contributed by atoms with Crippen molar-refractivity contribution in [2.45, 2.75) is 57.1 Å². The second-order valence-electron chi connectivity index (χ2n) is 11.1. The van der Waals surface area contributed by atoms with Crippen molar-refractivity contribution in [2.24, 2.45) is 11.8 Å². The first kappa shape index (κ1) is 25.4. The maximum atomic E-state index is 12.8. The van der Waals surface area contributed by atoms with E-state index in [1.165, 1.54) is 29.8 Å². The van der Waals surface area contributed by atoms with Crippen LogP contribution in [0.15, 0.2) is 47.5 Å². The average Bonchev–Trinajstić information content (AvgIpc) is 3.69. The number of aliphatic hydroxyl groups is 1. The van der Waals surface area contributed by atoms with Gasteiger partial charge in [0.25, 0.3) is 5.56 Å². The zero-order chi connectivity index (χ0) is 26.0. The molecule has 3 heterocycles. The van der Waals surface area contributed by atoms with Crippen LogP contribution in [0.2, 0.25) is 0 Å². The minimum atomic E-state index is -1.06. The molecule has 0 spiro atoms. The molecule has 0 bridgehead atoms. The van der Waals surface area contributed by atoms with E-state index in [1.54, 1.807) is 0 Å². The highest BCUT2D eigenvalue weighted by Crippen LogP contribution is 2.29. The largest absolute Gasteiger partial charge is 0.388 e. The van der Waals surface area contributed by atoms with E-state index in [2.05, 4.69) is 17.2 Å². The Bertz CT molecular complexity index is 1160. The molecule has 9 nitrogen and oxygen atoms in total. The van der Waals surface area contributed by atoms with Crippen LogP contribution in [0, 0.1) is 11.8 Å². The normalized spacial score (nSPS) is 20.3. The molecule has 2 N–H and O–H groups in total. The molecule has 1 atom stereocenters. The van der Waals surface area contributed by atoms with Crippen molar-refractivity contribution in [3.8, 4) is 0 Å². The molecule has 2 saturated heterocycles. The fraction of sp³-hybridized carbons (Fsp3) is 0.571. The van der Waals surface area contributed by atoms with Gasteiger partial charge in [-0.3, -0.25) is 19.0 Å². The number of carbonyl (C=O) groups excluding carboxylic acids is 2. The summed E-state index contributed by atoms with van der Waals surface area (Å²) in [5.74, 6) is 1.46. The number of nitrogens with one attached hydrogen (secondary N) is 1. The molecule has 5 rings (SSSR count). The number of piperidine rings is 1. The SMILES string of the molecule is C[C@H](CC(=O)N1CCC(O)(Cn2cnc(N3CC(C(=O)NCC4CC4)C3)cc2=O)CC1)c1ccccc1. The fourth-order valence-electron chi connectivity index (χ4n) is 5.19. The Morgan fingerprint density at radius 3 is 2.51 bits per heavy atom. The molecular weight excluding hydrogens is 470 g/mol. The number of amides is 2. The number of benzene rings is 1. The zero-order valence-electron chi connectivity index (χ0n) is 21.5. The van der Waals surface area contributed by atoms with Gasteiger partial charge in [0.05, 0.1) is 24.4 Å². The monoisotopic (exact) mass is 507 g/mol. The number of anilines is 1. The molecule has 2 aliphatic heterocycles. The lowest BCUT2D eigenvalue weighted by atomic mass is 9.90. The average molecular weight is 508 g/mol. The Morgan fingerprint density at radius 2 is 1.86 bits per heavy atom. The summed E-state index contributed by atoms with van der Waals surface area (Å²) < 4.78 is 1.44. The van der Waals surface area contributed by atoms with Crippen LogP contribution >= 0.6 is 0 Å². The Kier molecular flexibility index (Phi) is 7.33. The van der Waals surface area contributed by atoms with E-state index in [4.69, 9.17) is 0 Å². The van der Waals surface area contributed by atoms with Gasteiger partial charge in [0.2, 0.25) is 11.8 Å². The highest BCUT2D eigenvalue weighted by Gasteiger charge is 2.36. The summed E-state index contributed by atoms with van der Waals surface area (Å²) in [5.41, 5.74) is -0.142. The number of aromatic nitrogens is 2. The maximum Gasteiger partial charge on any atom is 0.255 e. The summed E-state index contributed by atoms with van der Waals surface area (Å²) in [5, 5.41) is 14.2. The van der Waals surface area contributed by atoms with Crippen LogP contribution in [0.4, 0.5) is 5.82 Å². The Balaban J connectivity index is 1.09. The second-order valence-corrected chi connectivity index (χ2v) is 11.1. The van der Waals surface area contributed by atoms with Crippen molar-refractivity contribution in [2.75, 3.05) is 37.6 Å². The Morgan fingerprint density at radius 1 is 1.16 bits per heavy atom. The molecule has 198 valence electrons. The minimum absolute atomic E-state index is 0.0627. The first-order valence-corrected chi connectivity index (χ1v) is 13.4. The summed E-state index contributed by atoms with van der Waals surface area (Å²) in [7, 11) is 0. The van der Waals surface area contributed by atoms with Crippen molar-refractivity contribution in [3.63, 3.8) is 0 Å². The predicted octanol–water partition coefficient (Wildman–Crippen LogP) is 1.75. The van der Waals surface area contributed by atoms with E-state index in [1.807, 2.05) is 40.1 Å². The lowest BCUT2D eigenvalue weighted by molar-refractivity contribution is -0.136. The third kappa shape index (κ3) is 6.21. The third-order valence-corrected chi connectivity index (χ3v) is 8.06. The van der Waals surface area contributed by atoms with Gasteiger partial charge in [0, 0.05) is 45.2 Å². The minimum Gasteiger partial charge on any atom is -0.388 e. The van der Waals surface area contributed by atoms with Crippen molar-refractivity contribution < 1.29 is 14.7 Å². The first-order valence-electron chi connectivity index (χ1n) is 13.4. The number of hydrogen-bond donors (Lipinski definition) is 2. The number of likely N-dealkylation sites (tertiary alicyclic amines) is 1. The third-order valence-electron chi connectivity index (χ3n) is 8.06. The zero-order valence-corrected chi connectivity index (χ0v) is 21.5. The van der Waals surface area contributed by atoms with Gasteiger partial charge in [-0.05, 0) is 43.1 Å². The molecule has 9 heteroatoms. The molecular formula is C28H37N5O4. The summed E-state index contributed by atoms with van der Waals surface area (Å²) in [6, 6.07) is 11.5. The van der Waals surface area contributed by atoms with E-state index in [0.717, 1.165) is 12.1 Å². The van der Waals surface area contributed by atoms with Gasteiger partial charge in [-0.2, -0.15) is 0 Å². The van der Waals surface area contributed by atoms with Gasteiger partial charge >= 0.3 is 0 Å². The van der Waals surface area contributed by atoms with Crippen molar-refractivity contribution >= 4 is 17.6 Å². The predicted molar refractivity (Wildman–Crippen MR) is 140 cm³/mol. The molecule has 1 saturated carbocycles. The molecule has 0 radical (unpaired) electrons. The van der Waals surface area contributed by atoms with Crippen LogP contribution in [-0.2, 0) is 16.1 Å². The first-order chi connectivity index (χ1) is 17.8. The number of rotatable bonds is 9. The molecule has 2 aromatic rings. The highest BCUT2D eigenvalue weighted by molar-refractivity contribution is 5.81. The van der Waals surface area contributed by atoms with Crippen LogP contribution in [0.3, 0.4) is 0 Å². The summed E-state index contributed by atoms with van der Waals surface area (Å²) >= 11 is 0. The van der Waals surface area contributed by atoms with Crippen LogP contribution in [0.1, 0.15) is 50.5 Å². The standard InChI is InChI=1S/C28H37N5O4/c1-20(22-5-3-2-4-6-22)13-25(34)31-11-9-28(37,10-12-31)18-33-19-30-24(14-26(33)35)32-16-23(17-32)27(36)29-15-21-7-8-21/h2-6,14,19-21,23,37H,7-13,15-18H2,1H3,(H,29,36)/t20-/m1/s1. The molecule has 2 amide bonds. The van der Waals surface area contributed by atoms with Crippen LogP contribution < -0.4 is 15.8 Å². The van der Waals surface area contributed by atoms with Gasteiger partial charge in [-0.1, -0.05) is 37.3 Å². The van der Waals surface area contributed by atoms with E-state index in [9.17, 15) is 19.5 Å². The van der Waals surface area contributed by atoms with E-state index >= 15 is 0 Å². The summed E-state index contributed by atoms with van der Waals surface area (Å²) in [6.07, 6.45) is 5.16. The fourth-order valence-corrected chi connectivity index (χ4v) is 5.19. The topological polar surface area (TPSA) is 108 Å². The quantitative estimate of drug-likeness (QED) is 0.536. The van der Waals surface area contributed by atoms with Gasteiger partial charge in [-0.25, -0.2) is 4.98 Å². The van der Waals surface area contributed by atoms with E-state index in [-0.39, 0.29) is 35.8 Å². The maximum absolute atomic E-state index is 12.8. The Hall–Kier alpha value is -3.20. The lowest BCUT2D eigenvalue weighted by Gasteiger charge is -2.40. The van der Waals surface area contributed by atoms with Crippen molar-refractivity contribution in [3.05, 3.63) is 58.6 Å². The van der Waals surface area contributed by atoms with Gasteiger partial charge in [0.15, 0.2) is 0 Å². The second kappa shape index (κ2) is 10.7. The Labute approximate surface area is 217 Å².